The van der Waals surface area contributed by atoms with Crippen molar-refractivity contribution in [2.45, 2.75) is 91.8 Å². The molecule has 2 aliphatic rings. The Morgan fingerprint density at radius 3 is 2.04 bits per heavy atom. The second-order valence-electron chi connectivity index (χ2n) is 10.3. The molecule has 2 aliphatic carbocycles. The van der Waals surface area contributed by atoms with Gasteiger partial charge in [-0.05, 0) is 89.2 Å². The highest BCUT2D eigenvalue weighted by atomic mass is 16.3. The SMILES string of the molecule is C=C1C=C(C(C)(C)O)CCC1(C)C.C=C1CC(C(C)(C)O)CCC1(C)C#N. The molecule has 2 unspecified atom stereocenters. The Morgan fingerprint density at radius 1 is 1.11 bits per heavy atom. The molecule has 0 spiro atoms. The molecule has 0 aromatic rings. The molecule has 1 saturated carbocycles. The van der Waals surface area contributed by atoms with Gasteiger partial charge < -0.3 is 10.2 Å². The van der Waals surface area contributed by atoms with Crippen LogP contribution >= 0.6 is 0 Å². The molecule has 0 amide bonds. The van der Waals surface area contributed by atoms with Crippen LogP contribution in [0.3, 0.4) is 0 Å². The van der Waals surface area contributed by atoms with Gasteiger partial charge in [0.15, 0.2) is 0 Å². The second-order valence-corrected chi connectivity index (χ2v) is 10.3. The lowest BCUT2D eigenvalue weighted by Gasteiger charge is -2.39. The van der Waals surface area contributed by atoms with Crippen molar-refractivity contribution in [2.24, 2.45) is 16.7 Å². The van der Waals surface area contributed by atoms with Crippen molar-refractivity contribution in [3.05, 3.63) is 36.0 Å². The van der Waals surface area contributed by atoms with Crippen LogP contribution in [0.15, 0.2) is 36.0 Å². The number of hydrogen-bond donors (Lipinski definition) is 2. The monoisotopic (exact) mass is 373 g/mol. The highest BCUT2D eigenvalue weighted by Gasteiger charge is 2.39. The van der Waals surface area contributed by atoms with Gasteiger partial charge in [-0.15, -0.1) is 0 Å². The van der Waals surface area contributed by atoms with E-state index in [2.05, 4.69) is 39.2 Å². The zero-order valence-electron chi connectivity index (χ0n) is 18.4. The minimum atomic E-state index is -0.681. The molecule has 3 heteroatoms. The predicted octanol–water partition coefficient (Wildman–Crippen LogP) is 5.70. The van der Waals surface area contributed by atoms with Crippen molar-refractivity contribution in [1.82, 2.24) is 0 Å². The predicted molar refractivity (Wildman–Crippen MR) is 113 cm³/mol. The summed E-state index contributed by atoms with van der Waals surface area (Å²) in [6.45, 7) is 21.7. The number of allylic oxidation sites excluding steroid dienone is 3. The average Bonchev–Trinajstić information content (AvgIpc) is 2.51. The molecular formula is C24H39NO2. The van der Waals surface area contributed by atoms with Crippen LogP contribution in [0.1, 0.15) is 80.6 Å². The van der Waals surface area contributed by atoms with Crippen LogP contribution in [-0.2, 0) is 0 Å². The number of nitrogens with zero attached hydrogens (tertiary/aromatic N) is 1. The fourth-order valence-corrected chi connectivity index (χ4v) is 3.57. The summed E-state index contributed by atoms with van der Waals surface area (Å²) in [5.74, 6) is 0.247. The normalized spacial score (nSPS) is 28.6. The molecule has 3 nitrogen and oxygen atoms in total. The lowest BCUT2D eigenvalue weighted by atomic mass is 9.66. The van der Waals surface area contributed by atoms with Crippen molar-refractivity contribution in [3.63, 3.8) is 0 Å². The van der Waals surface area contributed by atoms with Crippen molar-refractivity contribution in [2.75, 3.05) is 0 Å². The van der Waals surface area contributed by atoms with Crippen LogP contribution in [0.2, 0.25) is 0 Å². The number of aliphatic hydroxyl groups is 2. The van der Waals surface area contributed by atoms with E-state index in [1.807, 2.05) is 34.6 Å². The molecule has 0 aromatic heterocycles. The van der Waals surface area contributed by atoms with Crippen LogP contribution in [0.4, 0.5) is 0 Å². The van der Waals surface area contributed by atoms with Crippen LogP contribution in [0.5, 0.6) is 0 Å². The highest BCUT2D eigenvalue weighted by Crippen LogP contribution is 2.44. The molecule has 0 aromatic carbocycles. The molecule has 2 rings (SSSR count). The van der Waals surface area contributed by atoms with E-state index >= 15 is 0 Å². The first-order chi connectivity index (χ1) is 12.0. The third-order valence-electron chi connectivity index (χ3n) is 6.53. The van der Waals surface area contributed by atoms with Gasteiger partial charge in [-0.25, -0.2) is 0 Å². The van der Waals surface area contributed by atoms with Gasteiger partial charge in [-0.3, -0.25) is 0 Å². The number of hydrogen-bond acceptors (Lipinski definition) is 3. The molecule has 0 bridgehead atoms. The van der Waals surface area contributed by atoms with Crippen molar-refractivity contribution in [1.29, 1.82) is 5.26 Å². The van der Waals surface area contributed by atoms with Crippen molar-refractivity contribution < 1.29 is 10.2 Å². The average molecular weight is 374 g/mol. The first kappa shape index (κ1) is 23.7. The van der Waals surface area contributed by atoms with E-state index in [4.69, 9.17) is 5.26 Å². The molecule has 1 fully saturated rings. The van der Waals surface area contributed by atoms with Crippen LogP contribution in [-0.4, -0.2) is 21.4 Å². The van der Waals surface area contributed by atoms with E-state index in [-0.39, 0.29) is 16.7 Å². The summed E-state index contributed by atoms with van der Waals surface area (Å²) in [7, 11) is 0. The zero-order valence-corrected chi connectivity index (χ0v) is 18.4. The summed E-state index contributed by atoms with van der Waals surface area (Å²) < 4.78 is 0. The van der Waals surface area contributed by atoms with E-state index in [0.29, 0.717) is 0 Å². The van der Waals surface area contributed by atoms with Gasteiger partial charge in [-0.1, -0.05) is 38.7 Å². The first-order valence-electron chi connectivity index (χ1n) is 9.97. The van der Waals surface area contributed by atoms with Crippen molar-refractivity contribution in [3.8, 4) is 6.07 Å². The molecule has 0 aliphatic heterocycles. The van der Waals surface area contributed by atoms with E-state index < -0.39 is 11.2 Å². The smallest absolute Gasteiger partial charge is 0.0803 e. The largest absolute Gasteiger partial charge is 0.390 e. The van der Waals surface area contributed by atoms with Crippen LogP contribution < -0.4 is 0 Å². The molecule has 0 radical (unpaired) electrons. The second kappa shape index (κ2) is 7.94. The Hall–Kier alpha value is -1.37. The molecule has 27 heavy (non-hydrogen) atoms. The van der Waals surface area contributed by atoms with Gasteiger partial charge in [0.1, 0.15) is 0 Å². The standard InChI is InChI=1S/C12H19NO.C12H20O/c1-9-7-10(11(2,3)14)5-6-12(9,4)8-13;1-9-8-10(12(4,5)13)6-7-11(9,2)3/h10,14H,1,5-7H2,2-4H3;8,13H,1,6-7H2,2-5H3. The maximum Gasteiger partial charge on any atom is 0.0803 e. The summed E-state index contributed by atoms with van der Waals surface area (Å²) in [5.41, 5.74) is 1.71. The fourth-order valence-electron chi connectivity index (χ4n) is 3.57. The molecule has 152 valence electrons. The van der Waals surface area contributed by atoms with Gasteiger partial charge in [0.2, 0.25) is 0 Å². The first-order valence-corrected chi connectivity index (χ1v) is 9.97. The van der Waals surface area contributed by atoms with Crippen molar-refractivity contribution >= 4 is 0 Å². The fraction of sp³-hybridized carbons (Fsp3) is 0.708. The zero-order chi connectivity index (χ0) is 21.3. The Bertz CT molecular complexity index is 649. The van der Waals surface area contributed by atoms with Gasteiger partial charge >= 0.3 is 0 Å². The Kier molecular flexibility index (Phi) is 6.96. The maximum absolute atomic E-state index is 9.88. The molecule has 0 heterocycles. The lowest BCUT2D eigenvalue weighted by molar-refractivity contribution is 0.00148. The highest BCUT2D eigenvalue weighted by molar-refractivity contribution is 5.33. The van der Waals surface area contributed by atoms with Crippen LogP contribution in [0.25, 0.3) is 0 Å². The lowest BCUT2D eigenvalue weighted by Crippen LogP contribution is -2.37. The maximum atomic E-state index is 9.88. The van der Waals surface area contributed by atoms with Gasteiger partial charge in [0.25, 0.3) is 0 Å². The minimum Gasteiger partial charge on any atom is -0.390 e. The minimum absolute atomic E-state index is 0.203. The van der Waals surface area contributed by atoms with E-state index in [1.54, 1.807) is 0 Å². The number of nitriles is 1. The molecule has 2 N–H and O–H groups in total. The topological polar surface area (TPSA) is 64.2 Å². The van der Waals surface area contributed by atoms with E-state index in [0.717, 1.165) is 48.8 Å². The Morgan fingerprint density at radius 2 is 1.67 bits per heavy atom. The summed E-state index contributed by atoms with van der Waals surface area (Å²) in [4.78, 5) is 0. The third kappa shape index (κ3) is 6.06. The summed E-state index contributed by atoms with van der Waals surface area (Å²) >= 11 is 0. The summed E-state index contributed by atoms with van der Waals surface area (Å²) in [6.07, 6.45) is 6.62. The van der Waals surface area contributed by atoms with Gasteiger partial charge in [-0.2, -0.15) is 5.26 Å². The molecule has 0 saturated heterocycles. The summed E-state index contributed by atoms with van der Waals surface area (Å²) in [6, 6.07) is 2.32. The van der Waals surface area contributed by atoms with E-state index in [1.165, 1.54) is 0 Å². The molecular weight excluding hydrogens is 334 g/mol. The Labute approximate surface area is 166 Å². The van der Waals surface area contributed by atoms with E-state index in [9.17, 15) is 10.2 Å². The van der Waals surface area contributed by atoms with Gasteiger partial charge in [0, 0.05) is 0 Å². The Balaban J connectivity index is 0.000000271. The number of rotatable bonds is 2. The molecule has 2 atom stereocenters. The third-order valence-corrected chi connectivity index (χ3v) is 6.53. The summed E-state index contributed by atoms with van der Waals surface area (Å²) in [5, 5.41) is 28.7. The van der Waals surface area contributed by atoms with Gasteiger partial charge in [0.05, 0.1) is 22.7 Å². The quantitative estimate of drug-likeness (QED) is 0.610. The van der Waals surface area contributed by atoms with Crippen LogP contribution in [0, 0.1) is 28.1 Å².